The van der Waals surface area contributed by atoms with Crippen molar-refractivity contribution < 1.29 is 28.5 Å². The molecule has 3 rings (SSSR count). The van der Waals surface area contributed by atoms with Crippen molar-refractivity contribution in [1.29, 1.82) is 0 Å². The number of methoxy groups -OCH3 is 2. The second kappa shape index (κ2) is 6.72. The molecule has 0 saturated carbocycles. The van der Waals surface area contributed by atoms with E-state index in [4.69, 9.17) is 18.9 Å². The summed E-state index contributed by atoms with van der Waals surface area (Å²) in [7, 11) is 3.01. The van der Waals surface area contributed by atoms with E-state index in [9.17, 15) is 9.59 Å². The van der Waals surface area contributed by atoms with E-state index in [1.54, 1.807) is 30.3 Å². The normalized spacial score (nSPS) is 11.8. The van der Waals surface area contributed by atoms with Crippen LogP contribution in [0.3, 0.4) is 0 Å². The van der Waals surface area contributed by atoms with Crippen molar-refractivity contribution in [2.45, 2.75) is 6.92 Å². The predicted octanol–water partition coefficient (Wildman–Crippen LogP) is 2.89. The molecule has 1 heterocycles. The molecular formula is C18H17NO6. The molecule has 7 heteroatoms. The summed E-state index contributed by atoms with van der Waals surface area (Å²) in [5, 5.41) is 2.73. The molecule has 0 saturated heterocycles. The van der Waals surface area contributed by atoms with Crippen LogP contribution in [0, 0.1) is 0 Å². The Hall–Kier alpha value is -3.22. The molecule has 25 heavy (non-hydrogen) atoms. The lowest BCUT2D eigenvalue weighted by Crippen LogP contribution is -2.14. The fourth-order valence-electron chi connectivity index (χ4n) is 2.51. The zero-order valence-electron chi connectivity index (χ0n) is 14.0. The van der Waals surface area contributed by atoms with E-state index in [1.807, 2.05) is 0 Å². The van der Waals surface area contributed by atoms with Gasteiger partial charge in [0.15, 0.2) is 28.8 Å². The zero-order valence-corrected chi connectivity index (χ0v) is 14.0. The van der Waals surface area contributed by atoms with Crippen molar-refractivity contribution in [3.63, 3.8) is 0 Å². The van der Waals surface area contributed by atoms with E-state index < -0.39 is 0 Å². The van der Waals surface area contributed by atoms with Gasteiger partial charge in [0.25, 0.3) is 5.91 Å². The highest BCUT2D eigenvalue weighted by molar-refractivity contribution is 6.09. The van der Waals surface area contributed by atoms with Gasteiger partial charge in [-0.25, -0.2) is 0 Å². The average Bonchev–Trinajstić information content (AvgIpc) is 3.07. The zero-order chi connectivity index (χ0) is 18.0. The summed E-state index contributed by atoms with van der Waals surface area (Å²) in [4.78, 5) is 24.4. The third-order valence-corrected chi connectivity index (χ3v) is 3.79. The van der Waals surface area contributed by atoms with Gasteiger partial charge in [0.2, 0.25) is 6.79 Å². The Morgan fingerprint density at radius 3 is 2.32 bits per heavy atom. The molecule has 1 aliphatic rings. The van der Waals surface area contributed by atoms with Crippen LogP contribution in [-0.2, 0) is 0 Å². The van der Waals surface area contributed by atoms with Gasteiger partial charge in [-0.3, -0.25) is 9.59 Å². The summed E-state index contributed by atoms with van der Waals surface area (Å²) in [6.45, 7) is 1.50. The molecule has 1 aliphatic heterocycles. The van der Waals surface area contributed by atoms with Gasteiger partial charge in [-0.05, 0) is 31.2 Å². The first kappa shape index (κ1) is 16.6. The highest BCUT2D eigenvalue weighted by atomic mass is 16.7. The molecule has 1 amide bonds. The van der Waals surface area contributed by atoms with Crippen LogP contribution < -0.4 is 24.3 Å². The van der Waals surface area contributed by atoms with Crippen LogP contribution in [-0.4, -0.2) is 32.7 Å². The molecule has 0 atom stereocenters. The molecule has 7 nitrogen and oxygen atoms in total. The first-order valence-electron chi connectivity index (χ1n) is 7.51. The van der Waals surface area contributed by atoms with E-state index in [0.717, 1.165) is 0 Å². The lowest BCUT2D eigenvalue weighted by Gasteiger charge is -2.12. The van der Waals surface area contributed by atoms with E-state index >= 15 is 0 Å². The Morgan fingerprint density at radius 2 is 1.68 bits per heavy atom. The number of rotatable bonds is 5. The average molecular weight is 343 g/mol. The maximum atomic E-state index is 12.6. The first-order valence-corrected chi connectivity index (χ1v) is 7.51. The Kier molecular flexibility index (Phi) is 4.47. The number of benzene rings is 2. The van der Waals surface area contributed by atoms with Gasteiger partial charge in [0.1, 0.15) is 0 Å². The number of carbonyl (C=O) groups is 2. The number of Topliss-reactive ketones (excluding diaryl/α,β-unsaturated/α-hetero) is 1. The van der Waals surface area contributed by atoms with Crippen molar-refractivity contribution in [1.82, 2.24) is 0 Å². The van der Waals surface area contributed by atoms with Crippen molar-refractivity contribution in [3.8, 4) is 23.0 Å². The predicted molar refractivity (Wildman–Crippen MR) is 90.1 cm³/mol. The minimum Gasteiger partial charge on any atom is -0.493 e. The number of hydrogen-bond acceptors (Lipinski definition) is 6. The van der Waals surface area contributed by atoms with Crippen LogP contribution in [0.2, 0.25) is 0 Å². The smallest absolute Gasteiger partial charge is 0.255 e. The number of carbonyl (C=O) groups excluding carboxylic acids is 2. The van der Waals surface area contributed by atoms with Crippen LogP contribution in [0.15, 0.2) is 30.3 Å². The van der Waals surface area contributed by atoms with E-state index in [1.165, 1.54) is 21.1 Å². The summed E-state index contributed by atoms with van der Waals surface area (Å²) in [6, 6.07) is 7.96. The molecule has 0 aromatic heterocycles. The summed E-state index contributed by atoms with van der Waals surface area (Å²) in [5.41, 5.74) is 1.07. The quantitative estimate of drug-likeness (QED) is 0.841. The number of hydrogen-bond donors (Lipinski definition) is 1. The molecule has 0 fully saturated rings. The fraction of sp³-hybridized carbons (Fsp3) is 0.222. The number of nitrogens with one attached hydrogen (secondary N) is 1. The van der Waals surface area contributed by atoms with Gasteiger partial charge in [0.05, 0.1) is 19.9 Å². The van der Waals surface area contributed by atoms with Gasteiger partial charge in [0, 0.05) is 17.2 Å². The van der Waals surface area contributed by atoms with Gasteiger partial charge < -0.3 is 24.3 Å². The van der Waals surface area contributed by atoms with Crippen molar-refractivity contribution >= 4 is 17.4 Å². The van der Waals surface area contributed by atoms with E-state index in [-0.39, 0.29) is 18.5 Å². The topological polar surface area (TPSA) is 83.1 Å². The third-order valence-electron chi connectivity index (χ3n) is 3.79. The van der Waals surface area contributed by atoms with Crippen LogP contribution in [0.4, 0.5) is 5.69 Å². The number of fused-ring (bicyclic) bond motifs is 1. The molecule has 0 spiro atoms. The third kappa shape index (κ3) is 3.21. The second-order valence-electron chi connectivity index (χ2n) is 5.33. The molecular weight excluding hydrogens is 326 g/mol. The van der Waals surface area contributed by atoms with Gasteiger partial charge in [-0.2, -0.15) is 0 Å². The maximum absolute atomic E-state index is 12.6. The van der Waals surface area contributed by atoms with Crippen LogP contribution >= 0.6 is 0 Å². The molecule has 0 aliphatic carbocycles. The Bertz CT molecular complexity index is 846. The lowest BCUT2D eigenvalue weighted by molar-refractivity contribution is 0.101. The largest absolute Gasteiger partial charge is 0.493 e. The first-order chi connectivity index (χ1) is 12.0. The van der Waals surface area contributed by atoms with E-state index in [2.05, 4.69) is 5.32 Å². The van der Waals surface area contributed by atoms with Crippen LogP contribution in [0.25, 0.3) is 0 Å². The highest BCUT2D eigenvalue weighted by Crippen LogP contribution is 2.37. The molecule has 1 N–H and O–H groups in total. The van der Waals surface area contributed by atoms with Gasteiger partial charge >= 0.3 is 0 Å². The SMILES string of the molecule is COc1ccc(C(=O)Nc2cc3c(cc2C(C)=O)OCO3)cc1OC. The number of anilines is 1. The molecule has 0 bridgehead atoms. The van der Waals surface area contributed by atoms with Gasteiger partial charge in [-0.1, -0.05) is 0 Å². The fourth-order valence-corrected chi connectivity index (χ4v) is 2.51. The summed E-state index contributed by atoms with van der Waals surface area (Å²) >= 11 is 0. The summed E-state index contributed by atoms with van der Waals surface area (Å²) in [5.74, 6) is 1.34. The minimum absolute atomic E-state index is 0.0831. The van der Waals surface area contributed by atoms with E-state index in [0.29, 0.717) is 39.8 Å². The Labute approximate surface area is 144 Å². The molecule has 2 aromatic rings. The lowest BCUT2D eigenvalue weighted by atomic mass is 10.1. The molecule has 0 unspecified atom stereocenters. The number of amides is 1. The molecule has 130 valence electrons. The molecule has 0 radical (unpaired) electrons. The number of ketones is 1. The van der Waals surface area contributed by atoms with Crippen LogP contribution in [0.1, 0.15) is 27.6 Å². The Balaban J connectivity index is 1.92. The Morgan fingerprint density at radius 1 is 1.00 bits per heavy atom. The summed E-state index contributed by atoms with van der Waals surface area (Å²) < 4.78 is 20.9. The van der Waals surface area contributed by atoms with Crippen molar-refractivity contribution in [2.75, 3.05) is 26.3 Å². The number of ether oxygens (including phenoxy) is 4. The maximum Gasteiger partial charge on any atom is 0.255 e. The highest BCUT2D eigenvalue weighted by Gasteiger charge is 2.21. The van der Waals surface area contributed by atoms with Crippen LogP contribution in [0.5, 0.6) is 23.0 Å². The summed E-state index contributed by atoms with van der Waals surface area (Å²) in [6.07, 6.45) is 0. The molecule has 2 aromatic carbocycles. The van der Waals surface area contributed by atoms with Crippen molar-refractivity contribution in [2.24, 2.45) is 0 Å². The second-order valence-corrected chi connectivity index (χ2v) is 5.33. The van der Waals surface area contributed by atoms with Gasteiger partial charge in [-0.15, -0.1) is 0 Å². The van der Waals surface area contributed by atoms with Crippen molar-refractivity contribution in [3.05, 3.63) is 41.5 Å². The monoisotopic (exact) mass is 343 g/mol. The standard InChI is InChI=1S/C18H17NO6/c1-10(20)12-7-16-17(25-9-24-16)8-13(12)19-18(21)11-4-5-14(22-2)15(6-11)23-3/h4-8H,9H2,1-3H3,(H,19,21). The minimum atomic E-state index is -0.387.